The summed E-state index contributed by atoms with van der Waals surface area (Å²) >= 11 is 5.45. The molecule has 12 heavy (non-hydrogen) atoms. The standard InChI is InChI=1S/C8H13ClO3/c1-5(10)6(9)7(11)12-8(2,3)4/h6H,1-4H3/t6-/m0/s1. The molecule has 1 atom stereocenters. The van der Waals surface area contributed by atoms with Crippen LogP contribution in [0.2, 0.25) is 0 Å². The molecular weight excluding hydrogens is 180 g/mol. The highest BCUT2D eigenvalue weighted by Gasteiger charge is 2.26. The van der Waals surface area contributed by atoms with Gasteiger partial charge in [-0.3, -0.25) is 4.79 Å². The van der Waals surface area contributed by atoms with Crippen molar-refractivity contribution in [2.24, 2.45) is 0 Å². The zero-order valence-corrected chi connectivity index (χ0v) is 8.44. The van der Waals surface area contributed by atoms with E-state index >= 15 is 0 Å². The second-order valence-corrected chi connectivity index (χ2v) is 3.94. The van der Waals surface area contributed by atoms with Crippen LogP contribution < -0.4 is 0 Å². The Morgan fingerprint density at radius 2 is 1.75 bits per heavy atom. The molecule has 0 saturated carbocycles. The van der Waals surface area contributed by atoms with E-state index in [0.717, 1.165) is 0 Å². The molecule has 0 aliphatic rings. The Kier molecular flexibility index (Phi) is 3.71. The molecular formula is C8H13ClO3. The first-order valence-electron chi connectivity index (χ1n) is 3.61. The van der Waals surface area contributed by atoms with Gasteiger partial charge in [-0.2, -0.15) is 0 Å². The highest BCUT2D eigenvalue weighted by Crippen LogP contribution is 2.11. The van der Waals surface area contributed by atoms with Gasteiger partial charge in [0.15, 0.2) is 11.2 Å². The summed E-state index contributed by atoms with van der Waals surface area (Å²) in [5.74, 6) is -1.08. The van der Waals surface area contributed by atoms with E-state index < -0.39 is 22.7 Å². The molecule has 3 nitrogen and oxygen atoms in total. The first-order valence-corrected chi connectivity index (χ1v) is 4.05. The number of ketones is 1. The number of hydrogen-bond donors (Lipinski definition) is 0. The first kappa shape index (κ1) is 11.4. The number of halogens is 1. The van der Waals surface area contributed by atoms with Crippen molar-refractivity contribution in [1.82, 2.24) is 0 Å². The van der Waals surface area contributed by atoms with Crippen LogP contribution in [0.25, 0.3) is 0 Å². The molecule has 0 radical (unpaired) electrons. The fraction of sp³-hybridized carbons (Fsp3) is 0.750. The first-order chi connectivity index (χ1) is 5.24. The molecule has 0 heterocycles. The van der Waals surface area contributed by atoms with Crippen LogP contribution in [0, 0.1) is 0 Å². The molecule has 0 amide bonds. The SMILES string of the molecule is CC(=O)[C@H](Cl)C(=O)OC(C)(C)C. The molecule has 0 saturated heterocycles. The topological polar surface area (TPSA) is 43.4 Å². The smallest absolute Gasteiger partial charge is 0.332 e. The number of hydrogen-bond acceptors (Lipinski definition) is 3. The minimum absolute atomic E-state index is 0.397. The third-order valence-corrected chi connectivity index (χ3v) is 1.46. The van der Waals surface area contributed by atoms with Gasteiger partial charge in [-0.15, -0.1) is 11.6 Å². The van der Waals surface area contributed by atoms with Crippen LogP contribution in [0.3, 0.4) is 0 Å². The molecule has 0 bridgehead atoms. The lowest BCUT2D eigenvalue weighted by molar-refractivity contribution is -0.155. The van der Waals surface area contributed by atoms with Crippen LogP contribution in [0.1, 0.15) is 27.7 Å². The van der Waals surface area contributed by atoms with Gasteiger partial charge in [0.2, 0.25) is 0 Å². The maximum atomic E-state index is 11.0. The van der Waals surface area contributed by atoms with E-state index in [1.165, 1.54) is 6.92 Å². The maximum absolute atomic E-state index is 11.0. The Bertz CT molecular complexity index is 193. The Morgan fingerprint density at radius 1 is 1.33 bits per heavy atom. The second kappa shape index (κ2) is 3.90. The predicted octanol–water partition coefficient (Wildman–Crippen LogP) is 1.52. The van der Waals surface area contributed by atoms with Crippen LogP contribution >= 0.6 is 11.6 Å². The minimum Gasteiger partial charge on any atom is -0.459 e. The van der Waals surface area contributed by atoms with Crippen LogP contribution in [-0.2, 0) is 14.3 Å². The van der Waals surface area contributed by atoms with Crippen molar-refractivity contribution < 1.29 is 14.3 Å². The molecule has 70 valence electrons. The average molecular weight is 193 g/mol. The van der Waals surface area contributed by atoms with Gasteiger partial charge in [-0.05, 0) is 27.7 Å². The summed E-state index contributed by atoms with van der Waals surface area (Å²) < 4.78 is 4.87. The molecule has 0 aromatic heterocycles. The quantitative estimate of drug-likeness (QED) is 0.379. The Balaban J connectivity index is 4.15. The van der Waals surface area contributed by atoms with Crippen molar-refractivity contribution in [2.75, 3.05) is 0 Å². The van der Waals surface area contributed by atoms with Crippen LogP contribution in [0.15, 0.2) is 0 Å². The van der Waals surface area contributed by atoms with Gasteiger partial charge in [-0.25, -0.2) is 4.79 Å². The predicted molar refractivity (Wildman–Crippen MR) is 46.2 cm³/mol. The third kappa shape index (κ3) is 4.34. The number of Topliss-reactive ketones (excluding diaryl/α,β-unsaturated/α-hetero) is 1. The zero-order valence-electron chi connectivity index (χ0n) is 7.68. The fourth-order valence-corrected chi connectivity index (χ4v) is 0.564. The summed E-state index contributed by atoms with van der Waals surface area (Å²) in [5.41, 5.74) is -0.598. The summed E-state index contributed by atoms with van der Waals surface area (Å²) in [7, 11) is 0. The summed E-state index contributed by atoms with van der Waals surface area (Å²) in [6, 6.07) is 0. The summed E-state index contributed by atoms with van der Waals surface area (Å²) in [6.07, 6.45) is 0. The molecule has 0 aliphatic carbocycles. The summed E-state index contributed by atoms with van der Waals surface area (Å²) in [6.45, 7) is 6.40. The summed E-state index contributed by atoms with van der Waals surface area (Å²) in [5, 5.41) is -1.18. The van der Waals surface area contributed by atoms with E-state index in [4.69, 9.17) is 16.3 Å². The fourth-order valence-electron chi connectivity index (χ4n) is 0.519. The number of carbonyl (C=O) groups is 2. The molecule has 0 spiro atoms. The van der Waals surface area contributed by atoms with E-state index in [9.17, 15) is 9.59 Å². The van der Waals surface area contributed by atoms with E-state index in [0.29, 0.717) is 0 Å². The monoisotopic (exact) mass is 192 g/mol. The molecule has 0 aromatic carbocycles. The number of carbonyl (C=O) groups excluding carboxylic acids is 2. The van der Waals surface area contributed by atoms with Gasteiger partial charge < -0.3 is 4.74 Å². The van der Waals surface area contributed by atoms with Gasteiger partial charge in [0.1, 0.15) is 5.60 Å². The number of rotatable bonds is 2. The van der Waals surface area contributed by atoms with Crippen LogP contribution in [0.5, 0.6) is 0 Å². The Hall–Kier alpha value is -0.570. The van der Waals surface area contributed by atoms with Crippen molar-refractivity contribution in [3.63, 3.8) is 0 Å². The van der Waals surface area contributed by atoms with Gasteiger partial charge in [0, 0.05) is 0 Å². The molecule has 4 heteroatoms. The van der Waals surface area contributed by atoms with Gasteiger partial charge in [0.25, 0.3) is 0 Å². The lowest BCUT2D eigenvalue weighted by Crippen LogP contribution is -2.32. The van der Waals surface area contributed by atoms with E-state index in [1.54, 1.807) is 20.8 Å². The maximum Gasteiger partial charge on any atom is 0.332 e. The van der Waals surface area contributed by atoms with E-state index in [-0.39, 0.29) is 0 Å². The van der Waals surface area contributed by atoms with E-state index in [1.807, 2.05) is 0 Å². The lowest BCUT2D eigenvalue weighted by Gasteiger charge is -2.20. The Morgan fingerprint density at radius 3 is 2.00 bits per heavy atom. The van der Waals surface area contributed by atoms with Crippen LogP contribution in [-0.4, -0.2) is 22.7 Å². The van der Waals surface area contributed by atoms with Crippen molar-refractivity contribution in [3.8, 4) is 0 Å². The molecule has 0 unspecified atom stereocenters. The molecule has 0 fully saturated rings. The number of esters is 1. The normalized spacial score (nSPS) is 13.8. The average Bonchev–Trinajstić information content (AvgIpc) is 1.82. The number of alkyl halides is 1. The molecule has 0 rings (SSSR count). The largest absolute Gasteiger partial charge is 0.459 e. The highest BCUT2D eigenvalue weighted by molar-refractivity contribution is 6.40. The van der Waals surface area contributed by atoms with Crippen molar-refractivity contribution >= 4 is 23.4 Å². The Labute approximate surface area is 77.0 Å². The molecule has 0 aliphatic heterocycles. The third-order valence-electron chi connectivity index (χ3n) is 0.971. The highest BCUT2D eigenvalue weighted by atomic mass is 35.5. The molecule has 0 aromatic rings. The van der Waals surface area contributed by atoms with Gasteiger partial charge in [0.05, 0.1) is 0 Å². The van der Waals surface area contributed by atoms with Crippen LogP contribution in [0.4, 0.5) is 0 Å². The summed E-state index contributed by atoms with van der Waals surface area (Å²) in [4.78, 5) is 21.7. The van der Waals surface area contributed by atoms with E-state index in [2.05, 4.69) is 0 Å². The zero-order chi connectivity index (χ0) is 9.94. The molecule has 0 N–H and O–H groups in total. The van der Waals surface area contributed by atoms with Crippen molar-refractivity contribution in [3.05, 3.63) is 0 Å². The van der Waals surface area contributed by atoms with Crippen molar-refractivity contribution in [2.45, 2.75) is 38.7 Å². The lowest BCUT2D eigenvalue weighted by atomic mass is 10.2. The number of ether oxygens (including phenoxy) is 1. The second-order valence-electron chi connectivity index (χ2n) is 3.51. The minimum atomic E-state index is -1.18. The van der Waals surface area contributed by atoms with Gasteiger partial charge in [-0.1, -0.05) is 0 Å². The van der Waals surface area contributed by atoms with Gasteiger partial charge >= 0.3 is 5.97 Å². The van der Waals surface area contributed by atoms with Crippen molar-refractivity contribution in [1.29, 1.82) is 0 Å².